The van der Waals surface area contributed by atoms with E-state index < -0.39 is 22.4 Å². The number of carbonyl (C=O) groups is 2. The normalized spacial score (nSPS) is 11.1. The first kappa shape index (κ1) is 20.9. The molecule has 2 aromatic carbocycles. The van der Waals surface area contributed by atoms with Gasteiger partial charge in [-0.3, -0.25) is 4.79 Å². The van der Waals surface area contributed by atoms with Gasteiger partial charge in [0.1, 0.15) is 0 Å². The maximum atomic E-state index is 12.2. The van der Waals surface area contributed by atoms with E-state index in [9.17, 15) is 18.0 Å². The van der Waals surface area contributed by atoms with E-state index in [2.05, 4.69) is 0 Å². The summed E-state index contributed by atoms with van der Waals surface area (Å²) in [5.74, 6) is -1.25. The highest BCUT2D eigenvalue weighted by Crippen LogP contribution is 2.21. The third kappa shape index (κ3) is 5.55. The second kappa shape index (κ2) is 8.54. The fourth-order valence-electron chi connectivity index (χ4n) is 2.34. The molecule has 0 radical (unpaired) electrons. The number of aryl methyl sites for hydroxylation is 1. The monoisotopic (exact) mass is 409 g/mol. The molecule has 2 aromatic rings. The molecule has 27 heavy (non-hydrogen) atoms. The summed E-state index contributed by atoms with van der Waals surface area (Å²) in [5, 5.41) is 0.0492. The van der Waals surface area contributed by atoms with E-state index in [-0.39, 0.29) is 21.4 Å². The predicted octanol–water partition coefficient (Wildman–Crippen LogP) is 2.87. The Kier molecular flexibility index (Phi) is 6.62. The van der Waals surface area contributed by atoms with Crippen LogP contribution in [0.5, 0.6) is 0 Å². The van der Waals surface area contributed by atoms with Crippen LogP contribution in [-0.4, -0.2) is 45.1 Å². The molecule has 0 saturated carbocycles. The first-order valence-electron chi connectivity index (χ1n) is 8.05. The van der Waals surface area contributed by atoms with Crippen LogP contribution in [0.3, 0.4) is 0 Å². The number of amides is 1. The first-order chi connectivity index (χ1) is 12.6. The quantitative estimate of drug-likeness (QED) is 0.685. The number of halogens is 1. The van der Waals surface area contributed by atoms with E-state index in [0.717, 1.165) is 23.4 Å². The highest BCUT2D eigenvalue weighted by atomic mass is 35.5. The van der Waals surface area contributed by atoms with Crippen molar-refractivity contribution >= 4 is 33.3 Å². The number of sulfone groups is 1. The number of hydrogen-bond acceptors (Lipinski definition) is 5. The third-order valence-electron chi connectivity index (χ3n) is 4.01. The lowest BCUT2D eigenvalue weighted by molar-refractivity contribution is -0.133. The summed E-state index contributed by atoms with van der Waals surface area (Å²) >= 11 is 5.95. The zero-order valence-corrected chi connectivity index (χ0v) is 16.8. The molecule has 0 atom stereocenters. The Morgan fingerprint density at radius 2 is 1.81 bits per heavy atom. The molecule has 0 aromatic heterocycles. The molecule has 0 spiro atoms. The minimum atomic E-state index is -3.50. The Balaban J connectivity index is 2.03. The zero-order chi connectivity index (χ0) is 20.2. The molecule has 144 valence electrons. The number of ether oxygens (including phenoxy) is 1. The van der Waals surface area contributed by atoms with Crippen LogP contribution in [0.2, 0.25) is 5.02 Å². The van der Waals surface area contributed by atoms with Gasteiger partial charge in [0.05, 0.1) is 15.5 Å². The third-order valence-corrected chi connectivity index (χ3v) is 5.45. The molecule has 2 rings (SSSR count). The highest BCUT2D eigenvalue weighted by molar-refractivity contribution is 7.90. The van der Waals surface area contributed by atoms with Gasteiger partial charge in [-0.15, -0.1) is 0 Å². The summed E-state index contributed by atoms with van der Waals surface area (Å²) in [7, 11) is -1.89. The molecular weight excluding hydrogens is 390 g/mol. The van der Waals surface area contributed by atoms with Crippen molar-refractivity contribution in [1.29, 1.82) is 0 Å². The summed E-state index contributed by atoms with van der Waals surface area (Å²) in [6, 6.07) is 11.4. The van der Waals surface area contributed by atoms with Crippen molar-refractivity contribution < 1.29 is 22.7 Å². The Morgan fingerprint density at radius 1 is 1.15 bits per heavy atom. The van der Waals surface area contributed by atoms with Crippen LogP contribution in [0, 0.1) is 6.92 Å². The molecule has 1 amide bonds. The smallest absolute Gasteiger partial charge is 0.340 e. The molecule has 0 N–H and O–H groups in total. The predicted molar refractivity (Wildman–Crippen MR) is 102 cm³/mol. The number of carbonyl (C=O) groups excluding carboxylic acids is 2. The van der Waals surface area contributed by atoms with Gasteiger partial charge in [0.25, 0.3) is 5.91 Å². The van der Waals surface area contributed by atoms with Gasteiger partial charge in [-0.2, -0.15) is 0 Å². The SMILES string of the molecule is Cc1ccccc1CN(C)C(=O)COC(=O)c1cc(S(C)(=O)=O)ccc1Cl. The Bertz CT molecular complexity index is 972. The van der Waals surface area contributed by atoms with E-state index in [1.807, 2.05) is 31.2 Å². The van der Waals surface area contributed by atoms with Crippen LogP contribution in [-0.2, 0) is 25.9 Å². The lowest BCUT2D eigenvalue weighted by Crippen LogP contribution is -2.31. The molecule has 0 heterocycles. The summed E-state index contributed by atoms with van der Waals surface area (Å²) in [5.41, 5.74) is 1.94. The lowest BCUT2D eigenvalue weighted by atomic mass is 10.1. The number of esters is 1. The number of likely N-dealkylation sites (N-methyl/N-ethyl adjacent to an activating group) is 1. The minimum Gasteiger partial charge on any atom is -0.452 e. The van der Waals surface area contributed by atoms with E-state index >= 15 is 0 Å². The first-order valence-corrected chi connectivity index (χ1v) is 10.3. The fraction of sp³-hybridized carbons (Fsp3) is 0.263. The molecule has 0 aliphatic carbocycles. The Hall–Kier alpha value is -2.38. The molecule has 0 bridgehead atoms. The minimum absolute atomic E-state index is 0.0492. The molecule has 8 heteroatoms. The van der Waals surface area contributed by atoms with Crippen molar-refractivity contribution in [2.75, 3.05) is 19.9 Å². The zero-order valence-electron chi connectivity index (χ0n) is 15.2. The van der Waals surface area contributed by atoms with Crippen molar-refractivity contribution in [3.05, 3.63) is 64.2 Å². The average Bonchev–Trinajstić information content (AvgIpc) is 2.60. The van der Waals surface area contributed by atoms with Gasteiger partial charge in [-0.1, -0.05) is 35.9 Å². The molecular formula is C19H20ClNO5S. The van der Waals surface area contributed by atoms with Crippen molar-refractivity contribution in [2.24, 2.45) is 0 Å². The molecule has 0 fully saturated rings. The highest BCUT2D eigenvalue weighted by Gasteiger charge is 2.19. The Labute approximate surface area is 163 Å². The molecule has 0 saturated heterocycles. The van der Waals surface area contributed by atoms with Crippen LogP contribution in [0.4, 0.5) is 0 Å². The summed E-state index contributed by atoms with van der Waals surface area (Å²) in [6.07, 6.45) is 1.02. The fourth-order valence-corrected chi connectivity index (χ4v) is 3.18. The topological polar surface area (TPSA) is 80.8 Å². The summed E-state index contributed by atoms with van der Waals surface area (Å²) < 4.78 is 28.3. The van der Waals surface area contributed by atoms with Gasteiger partial charge in [0.2, 0.25) is 0 Å². The van der Waals surface area contributed by atoms with Gasteiger partial charge in [0, 0.05) is 19.8 Å². The van der Waals surface area contributed by atoms with Crippen molar-refractivity contribution in [3.63, 3.8) is 0 Å². The van der Waals surface area contributed by atoms with Crippen molar-refractivity contribution in [3.8, 4) is 0 Å². The molecule has 0 unspecified atom stereocenters. The van der Waals surface area contributed by atoms with Gasteiger partial charge < -0.3 is 9.64 Å². The van der Waals surface area contributed by atoms with Gasteiger partial charge in [-0.25, -0.2) is 13.2 Å². The standard InChI is InChI=1S/C19H20ClNO5S/c1-13-6-4-5-7-14(13)11-21(2)18(22)12-26-19(23)16-10-15(27(3,24)25)8-9-17(16)20/h4-10H,11-12H2,1-3H3. The van der Waals surface area contributed by atoms with Crippen molar-refractivity contribution in [2.45, 2.75) is 18.4 Å². The van der Waals surface area contributed by atoms with E-state index in [1.165, 1.54) is 17.0 Å². The van der Waals surface area contributed by atoms with E-state index in [1.54, 1.807) is 7.05 Å². The maximum Gasteiger partial charge on any atom is 0.340 e. The Morgan fingerprint density at radius 3 is 2.44 bits per heavy atom. The number of nitrogens with zero attached hydrogens (tertiary/aromatic N) is 1. The van der Waals surface area contributed by atoms with Crippen LogP contribution in [0.15, 0.2) is 47.4 Å². The second-order valence-electron chi connectivity index (χ2n) is 6.17. The largest absolute Gasteiger partial charge is 0.452 e. The van der Waals surface area contributed by atoms with Gasteiger partial charge >= 0.3 is 5.97 Å². The summed E-state index contributed by atoms with van der Waals surface area (Å²) in [4.78, 5) is 25.8. The van der Waals surface area contributed by atoms with Crippen molar-refractivity contribution in [1.82, 2.24) is 4.90 Å². The van der Waals surface area contributed by atoms with Crippen LogP contribution in [0.1, 0.15) is 21.5 Å². The van der Waals surface area contributed by atoms with Crippen LogP contribution in [0.25, 0.3) is 0 Å². The van der Waals surface area contributed by atoms with Crippen LogP contribution < -0.4 is 0 Å². The molecule has 6 nitrogen and oxygen atoms in total. The number of rotatable bonds is 6. The van der Waals surface area contributed by atoms with Gasteiger partial charge in [-0.05, 0) is 36.2 Å². The summed E-state index contributed by atoms with van der Waals surface area (Å²) in [6.45, 7) is 1.86. The maximum absolute atomic E-state index is 12.2. The number of hydrogen-bond donors (Lipinski definition) is 0. The van der Waals surface area contributed by atoms with Crippen LogP contribution >= 0.6 is 11.6 Å². The molecule has 0 aliphatic heterocycles. The second-order valence-corrected chi connectivity index (χ2v) is 8.59. The molecule has 0 aliphatic rings. The number of benzene rings is 2. The average molecular weight is 410 g/mol. The van der Waals surface area contributed by atoms with E-state index in [4.69, 9.17) is 16.3 Å². The van der Waals surface area contributed by atoms with Gasteiger partial charge in [0.15, 0.2) is 16.4 Å². The van der Waals surface area contributed by atoms with E-state index in [0.29, 0.717) is 6.54 Å². The lowest BCUT2D eigenvalue weighted by Gasteiger charge is -2.18.